The van der Waals surface area contributed by atoms with Crippen LogP contribution in [0.5, 0.6) is 5.75 Å². The van der Waals surface area contributed by atoms with E-state index in [1.807, 2.05) is 49.4 Å². The van der Waals surface area contributed by atoms with Gasteiger partial charge in [0.15, 0.2) is 4.80 Å². The highest BCUT2D eigenvalue weighted by Gasteiger charge is 2.33. The molecule has 40 heavy (non-hydrogen) atoms. The first-order valence-corrected chi connectivity index (χ1v) is 13.7. The maximum atomic E-state index is 13.9. The van der Waals surface area contributed by atoms with Crippen LogP contribution in [0.4, 0.5) is 0 Å². The molecule has 1 atom stereocenters. The van der Waals surface area contributed by atoms with Crippen molar-refractivity contribution in [3.8, 4) is 11.8 Å². The molecule has 0 radical (unpaired) electrons. The zero-order chi connectivity index (χ0) is 28.2. The first-order valence-electron chi connectivity index (χ1n) is 12.5. The highest BCUT2D eigenvalue weighted by Crippen LogP contribution is 2.32. The van der Waals surface area contributed by atoms with Gasteiger partial charge in [0.2, 0.25) is 0 Å². The second kappa shape index (κ2) is 11.7. The van der Waals surface area contributed by atoms with Gasteiger partial charge >= 0.3 is 5.97 Å². The molecule has 3 aromatic carbocycles. The summed E-state index contributed by atoms with van der Waals surface area (Å²) in [5.41, 5.74) is 3.28. The maximum Gasteiger partial charge on any atom is 0.338 e. The van der Waals surface area contributed by atoms with E-state index in [9.17, 15) is 14.9 Å². The van der Waals surface area contributed by atoms with Gasteiger partial charge in [-0.3, -0.25) is 9.36 Å². The summed E-state index contributed by atoms with van der Waals surface area (Å²) in [6.45, 7) is 2.09. The van der Waals surface area contributed by atoms with Crippen LogP contribution in [0.1, 0.15) is 41.6 Å². The molecule has 0 unspecified atom stereocenters. The van der Waals surface area contributed by atoms with Gasteiger partial charge in [0, 0.05) is 16.1 Å². The highest BCUT2D eigenvalue weighted by molar-refractivity contribution is 7.07. The number of allylic oxidation sites excluding steroid dienone is 1. The predicted octanol–water partition coefficient (Wildman–Crippen LogP) is 4.90. The van der Waals surface area contributed by atoms with Crippen molar-refractivity contribution in [3.05, 3.63) is 131 Å². The molecule has 5 rings (SSSR count). The number of fused-ring (bicyclic) bond motifs is 1. The summed E-state index contributed by atoms with van der Waals surface area (Å²) in [5.74, 6) is -0.0148. The smallest absolute Gasteiger partial charge is 0.338 e. The topological polar surface area (TPSA) is 93.7 Å². The van der Waals surface area contributed by atoms with Crippen LogP contribution in [0.25, 0.3) is 6.08 Å². The number of hydrogen-bond donors (Lipinski definition) is 0. The van der Waals surface area contributed by atoms with Crippen LogP contribution in [-0.4, -0.2) is 17.6 Å². The van der Waals surface area contributed by atoms with Crippen molar-refractivity contribution in [1.29, 1.82) is 5.26 Å². The number of aromatic nitrogens is 1. The summed E-state index contributed by atoms with van der Waals surface area (Å²) in [5, 5.41) is 9.89. The number of ether oxygens (including phenoxy) is 2. The van der Waals surface area contributed by atoms with Crippen LogP contribution in [0, 0.1) is 11.3 Å². The number of halogens is 1. The lowest BCUT2D eigenvalue weighted by molar-refractivity contribution is -0.136. The molecule has 200 valence electrons. The average molecular weight is 570 g/mol. The Morgan fingerprint density at radius 2 is 1.90 bits per heavy atom. The van der Waals surface area contributed by atoms with Crippen LogP contribution in [0.2, 0.25) is 5.02 Å². The second-order valence-corrected chi connectivity index (χ2v) is 10.4. The summed E-state index contributed by atoms with van der Waals surface area (Å²) in [4.78, 5) is 32.0. The quantitative estimate of drug-likeness (QED) is 0.295. The number of hydrogen-bond acceptors (Lipinski definition) is 7. The molecule has 0 aliphatic carbocycles. The molecule has 1 aliphatic rings. The molecule has 0 bridgehead atoms. The summed E-state index contributed by atoms with van der Waals surface area (Å²) >= 11 is 7.56. The van der Waals surface area contributed by atoms with Gasteiger partial charge in [0.25, 0.3) is 5.56 Å². The number of rotatable bonds is 7. The maximum absolute atomic E-state index is 13.9. The first-order chi connectivity index (χ1) is 19.4. The lowest BCUT2D eigenvalue weighted by Crippen LogP contribution is -2.40. The van der Waals surface area contributed by atoms with E-state index < -0.39 is 12.0 Å². The second-order valence-electron chi connectivity index (χ2n) is 8.94. The molecule has 1 aliphatic heterocycles. The van der Waals surface area contributed by atoms with E-state index in [2.05, 4.69) is 6.07 Å². The molecule has 0 N–H and O–H groups in total. The normalized spacial score (nSPS) is 14.8. The van der Waals surface area contributed by atoms with Gasteiger partial charge in [-0.05, 0) is 42.3 Å². The molecule has 0 fully saturated rings. The number of methoxy groups -OCH3 is 1. The number of nitriles is 1. The minimum atomic E-state index is -0.681. The van der Waals surface area contributed by atoms with Crippen LogP contribution < -0.4 is 19.6 Å². The van der Waals surface area contributed by atoms with Gasteiger partial charge in [0.05, 0.1) is 40.6 Å². The standard InChI is InChI=1S/C31H24ClN3O4S/c1-3-24-27(30(37)38-2)28(19-9-5-4-6-10-19)35-29(36)26(40-31(35)34-24)16-22-15-23(32)13-14-25(22)39-18-21-12-8-7-11-20(21)17-33/h4-16,28H,3,18H2,1-2H3/b26-16+/t28-/m1/s1. The van der Waals surface area contributed by atoms with Crippen molar-refractivity contribution < 1.29 is 14.3 Å². The van der Waals surface area contributed by atoms with Gasteiger partial charge < -0.3 is 9.47 Å². The molecule has 0 saturated carbocycles. The van der Waals surface area contributed by atoms with Crippen LogP contribution >= 0.6 is 22.9 Å². The van der Waals surface area contributed by atoms with Gasteiger partial charge in [-0.1, -0.05) is 78.4 Å². The number of carbonyl (C=O) groups excluding carboxylic acids is 1. The van der Waals surface area contributed by atoms with Gasteiger partial charge in [-0.25, -0.2) is 9.79 Å². The van der Waals surface area contributed by atoms with Gasteiger partial charge in [-0.15, -0.1) is 0 Å². The van der Waals surface area contributed by atoms with Gasteiger partial charge in [0.1, 0.15) is 12.4 Å². The lowest BCUT2D eigenvalue weighted by atomic mass is 9.95. The monoisotopic (exact) mass is 569 g/mol. The van der Waals surface area contributed by atoms with E-state index in [0.717, 1.165) is 11.1 Å². The SMILES string of the molecule is CCC1=C(C(=O)OC)[C@@H](c2ccccc2)n2c(s/c(=C/c3cc(Cl)ccc3OCc3ccccc3C#N)c2=O)=N1. The minimum absolute atomic E-state index is 0.170. The number of esters is 1. The largest absolute Gasteiger partial charge is 0.488 e. The molecule has 1 aromatic heterocycles. The Bertz CT molecular complexity index is 1850. The number of carbonyl (C=O) groups is 1. The Morgan fingerprint density at radius 3 is 2.62 bits per heavy atom. The summed E-state index contributed by atoms with van der Waals surface area (Å²) in [6.07, 6.45) is 2.21. The lowest BCUT2D eigenvalue weighted by Gasteiger charge is -2.25. The Balaban J connectivity index is 1.64. The van der Waals surface area contributed by atoms with Crippen LogP contribution in [0.3, 0.4) is 0 Å². The van der Waals surface area contributed by atoms with Crippen molar-refractivity contribution >= 4 is 35.0 Å². The van der Waals surface area contributed by atoms with Crippen LogP contribution in [-0.2, 0) is 16.1 Å². The number of benzene rings is 3. The van der Waals surface area contributed by atoms with Gasteiger partial charge in [-0.2, -0.15) is 5.26 Å². The Hall–Kier alpha value is -4.45. The Labute approximate surface area is 239 Å². The molecule has 4 aromatic rings. The van der Waals surface area contributed by atoms with Crippen molar-refractivity contribution in [2.75, 3.05) is 7.11 Å². The average Bonchev–Trinajstić information content (AvgIpc) is 3.30. The van der Waals surface area contributed by atoms with Crippen LogP contribution in [0.15, 0.2) is 93.9 Å². The molecular formula is C31H24ClN3O4S. The molecule has 0 saturated heterocycles. The summed E-state index contributed by atoms with van der Waals surface area (Å²) < 4.78 is 13.2. The number of nitrogens with zero attached hydrogens (tertiary/aromatic N) is 3. The third-order valence-electron chi connectivity index (χ3n) is 6.54. The van der Waals surface area contributed by atoms with Crippen molar-refractivity contribution in [3.63, 3.8) is 0 Å². The van der Waals surface area contributed by atoms with E-state index in [1.165, 1.54) is 18.4 Å². The third-order valence-corrected chi connectivity index (χ3v) is 7.76. The molecule has 0 amide bonds. The molecular weight excluding hydrogens is 546 g/mol. The fraction of sp³-hybridized carbons (Fsp3) is 0.161. The van der Waals surface area contributed by atoms with E-state index in [1.54, 1.807) is 41.0 Å². The summed E-state index contributed by atoms with van der Waals surface area (Å²) in [7, 11) is 1.32. The Kier molecular flexibility index (Phi) is 7.96. The third kappa shape index (κ3) is 5.22. The molecule has 2 heterocycles. The fourth-order valence-corrected chi connectivity index (χ4v) is 5.82. The zero-order valence-electron chi connectivity index (χ0n) is 21.8. The zero-order valence-corrected chi connectivity index (χ0v) is 23.3. The number of thiazole rings is 1. The summed E-state index contributed by atoms with van der Waals surface area (Å²) in [6, 6.07) is 23.2. The van der Waals surface area contributed by atoms with E-state index in [4.69, 9.17) is 26.1 Å². The van der Waals surface area contributed by atoms with Crippen molar-refractivity contribution in [2.45, 2.75) is 26.0 Å². The van der Waals surface area contributed by atoms with E-state index >= 15 is 0 Å². The van der Waals surface area contributed by atoms with Crippen molar-refractivity contribution in [1.82, 2.24) is 4.57 Å². The minimum Gasteiger partial charge on any atom is -0.488 e. The Morgan fingerprint density at radius 1 is 1.15 bits per heavy atom. The van der Waals surface area contributed by atoms with E-state index in [-0.39, 0.29) is 12.2 Å². The fourth-order valence-electron chi connectivity index (χ4n) is 4.63. The highest BCUT2D eigenvalue weighted by atomic mass is 35.5. The van der Waals surface area contributed by atoms with E-state index in [0.29, 0.717) is 48.9 Å². The molecule has 7 nitrogen and oxygen atoms in total. The molecule has 9 heteroatoms. The first kappa shape index (κ1) is 27.1. The predicted molar refractivity (Wildman–Crippen MR) is 154 cm³/mol. The molecule has 0 spiro atoms. The van der Waals surface area contributed by atoms with Crippen molar-refractivity contribution in [2.24, 2.45) is 4.99 Å².